The molecule has 0 saturated heterocycles. The van der Waals surface area contributed by atoms with Crippen LogP contribution in [-0.2, 0) is 0 Å². The molecule has 0 aliphatic rings. The third-order valence-electron chi connectivity index (χ3n) is 4.23. The Bertz CT molecular complexity index is 1010. The summed E-state index contributed by atoms with van der Waals surface area (Å²) in [4.78, 5) is 0. The van der Waals surface area contributed by atoms with Gasteiger partial charge in [0.15, 0.2) is 0 Å². The van der Waals surface area contributed by atoms with Crippen molar-refractivity contribution < 1.29 is 4.74 Å². The highest BCUT2D eigenvalue weighted by atomic mass is 35.5. The lowest BCUT2D eigenvalue weighted by Crippen LogP contribution is -1.92. The molecule has 0 radical (unpaired) electrons. The first-order chi connectivity index (χ1) is 12.8. The monoisotopic (exact) mass is 356 g/mol. The summed E-state index contributed by atoms with van der Waals surface area (Å²) in [7, 11) is 0. The fourth-order valence-corrected chi connectivity index (χ4v) is 3.26. The molecule has 0 unspecified atom stereocenters. The Labute approximate surface area is 158 Å². The molecule has 0 bridgehead atoms. The molecule has 0 atom stereocenters. The fourth-order valence-electron chi connectivity index (χ4n) is 3.03. The first-order valence-electron chi connectivity index (χ1n) is 8.49. The number of benzene rings is 4. The number of rotatable bonds is 4. The van der Waals surface area contributed by atoms with E-state index in [-0.39, 0.29) is 0 Å². The fraction of sp³-hybridized carbons (Fsp3) is 0. The average Bonchev–Trinajstić information content (AvgIpc) is 2.70. The largest absolute Gasteiger partial charge is 0.457 e. The standard InChI is InChI=1S/C24H17ClO/c25-22-16-8-7-14-21(22)24-20(18-10-3-1-4-11-18)15-9-17-23(24)26-19-12-5-2-6-13-19/h1-17H. The number of para-hydroxylation sites is 1. The SMILES string of the molecule is Clc1ccccc1-c1c(Oc2ccccc2)cccc1-c1ccccc1. The van der Waals surface area contributed by atoms with Crippen LogP contribution < -0.4 is 4.74 Å². The van der Waals surface area contributed by atoms with E-state index in [4.69, 9.17) is 16.3 Å². The smallest absolute Gasteiger partial charge is 0.135 e. The predicted octanol–water partition coefficient (Wildman–Crippen LogP) is 7.47. The second kappa shape index (κ2) is 7.47. The lowest BCUT2D eigenvalue weighted by atomic mass is 9.93. The van der Waals surface area contributed by atoms with Crippen molar-refractivity contribution in [1.29, 1.82) is 0 Å². The van der Waals surface area contributed by atoms with Crippen LogP contribution in [0.5, 0.6) is 11.5 Å². The topological polar surface area (TPSA) is 9.23 Å². The van der Waals surface area contributed by atoms with Crippen molar-refractivity contribution in [3.8, 4) is 33.8 Å². The van der Waals surface area contributed by atoms with Crippen LogP contribution in [0.1, 0.15) is 0 Å². The maximum absolute atomic E-state index is 6.54. The first-order valence-corrected chi connectivity index (χ1v) is 8.87. The minimum Gasteiger partial charge on any atom is -0.457 e. The van der Waals surface area contributed by atoms with Crippen LogP contribution in [0.4, 0.5) is 0 Å². The summed E-state index contributed by atoms with van der Waals surface area (Å²) in [6.07, 6.45) is 0. The van der Waals surface area contributed by atoms with Gasteiger partial charge in [-0.25, -0.2) is 0 Å². The zero-order valence-electron chi connectivity index (χ0n) is 14.1. The maximum Gasteiger partial charge on any atom is 0.135 e. The molecule has 4 aromatic rings. The molecule has 126 valence electrons. The number of halogens is 1. The zero-order valence-corrected chi connectivity index (χ0v) is 14.9. The normalized spacial score (nSPS) is 10.5. The second-order valence-electron chi connectivity index (χ2n) is 5.94. The Hall–Kier alpha value is -3.03. The minimum absolute atomic E-state index is 0.703. The van der Waals surface area contributed by atoms with Crippen molar-refractivity contribution in [3.63, 3.8) is 0 Å². The zero-order chi connectivity index (χ0) is 17.8. The lowest BCUT2D eigenvalue weighted by Gasteiger charge is -2.17. The van der Waals surface area contributed by atoms with Gasteiger partial charge >= 0.3 is 0 Å². The van der Waals surface area contributed by atoms with Gasteiger partial charge in [-0.05, 0) is 35.4 Å². The quantitative estimate of drug-likeness (QED) is 0.368. The van der Waals surface area contributed by atoms with Crippen LogP contribution in [-0.4, -0.2) is 0 Å². The van der Waals surface area contributed by atoms with Crippen LogP contribution in [0.25, 0.3) is 22.3 Å². The maximum atomic E-state index is 6.54. The van der Waals surface area contributed by atoms with Crippen molar-refractivity contribution >= 4 is 11.6 Å². The van der Waals surface area contributed by atoms with Gasteiger partial charge in [-0.1, -0.05) is 90.5 Å². The summed E-state index contributed by atoms with van der Waals surface area (Å²) in [6.45, 7) is 0. The minimum atomic E-state index is 0.703. The molecule has 0 aliphatic carbocycles. The molecule has 0 spiro atoms. The molecule has 0 heterocycles. The van der Waals surface area contributed by atoms with Gasteiger partial charge in [0.1, 0.15) is 11.5 Å². The molecule has 0 saturated carbocycles. The summed E-state index contributed by atoms with van der Waals surface area (Å²) in [5.41, 5.74) is 4.17. The Morgan fingerprint density at radius 2 is 1.15 bits per heavy atom. The third-order valence-corrected chi connectivity index (χ3v) is 4.55. The Morgan fingerprint density at radius 1 is 0.538 bits per heavy atom. The van der Waals surface area contributed by atoms with Gasteiger partial charge < -0.3 is 4.74 Å². The Kier molecular flexibility index (Phi) is 4.72. The van der Waals surface area contributed by atoms with Crippen LogP contribution in [0.3, 0.4) is 0 Å². The van der Waals surface area contributed by atoms with Gasteiger partial charge in [0, 0.05) is 16.1 Å². The van der Waals surface area contributed by atoms with Crippen molar-refractivity contribution in [1.82, 2.24) is 0 Å². The van der Waals surface area contributed by atoms with E-state index in [0.29, 0.717) is 5.02 Å². The van der Waals surface area contributed by atoms with Crippen molar-refractivity contribution in [2.24, 2.45) is 0 Å². The molecule has 0 aromatic heterocycles. The van der Waals surface area contributed by atoms with Gasteiger partial charge in [-0.15, -0.1) is 0 Å². The highest BCUT2D eigenvalue weighted by molar-refractivity contribution is 6.33. The summed E-state index contributed by atoms with van der Waals surface area (Å²) in [6, 6.07) is 34.1. The van der Waals surface area contributed by atoms with Gasteiger partial charge in [-0.2, -0.15) is 0 Å². The van der Waals surface area contributed by atoms with Crippen molar-refractivity contribution in [3.05, 3.63) is 108 Å². The van der Waals surface area contributed by atoms with E-state index in [1.54, 1.807) is 0 Å². The van der Waals surface area contributed by atoms with E-state index in [2.05, 4.69) is 18.2 Å². The van der Waals surface area contributed by atoms with Crippen LogP contribution in [0.2, 0.25) is 5.02 Å². The molecule has 2 heteroatoms. The molecule has 26 heavy (non-hydrogen) atoms. The summed E-state index contributed by atoms with van der Waals surface area (Å²) < 4.78 is 6.22. The van der Waals surface area contributed by atoms with Crippen molar-refractivity contribution in [2.45, 2.75) is 0 Å². The Morgan fingerprint density at radius 3 is 1.88 bits per heavy atom. The van der Waals surface area contributed by atoms with E-state index in [9.17, 15) is 0 Å². The highest BCUT2D eigenvalue weighted by Gasteiger charge is 2.16. The number of hydrogen-bond acceptors (Lipinski definition) is 1. The summed E-state index contributed by atoms with van der Waals surface area (Å²) in [5, 5.41) is 0.703. The molecule has 0 N–H and O–H groups in total. The molecule has 4 aromatic carbocycles. The molecule has 4 rings (SSSR count). The summed E-state index contributed by atoms with van der Waals surface area (Å²) in [5.74, 6) is 1.58. The highest BCUT2D eigenvalue weighted by Crippen LogP contribution is 2.43. The van der Waals surface area contributed by atoms with E-state index in [0.717, 1.165) is 33.8 Å². The predicted molar refractivity (Wildman–Crippen MR) is 109 cm³/mol. The average molecular weight is 357 g/mol. The van der Waals surface area contributed by atoms with Crippen LogP contribution in [0.15, 0.2) is 103 Å². The number of hydrogen-bond donors (Lipinski definition) is 0. The van der Waals surface area contributed by atoms with Gasteiger partial charge in [0.25, 0.3) is 0 Å². The van der Waals surface area contributed by atoms with Crippen LogP contribution in [0, 0.1) is 0 Å². The van der Waals surface area contributed by atoms with E-state index in [1.165, 1.54) is 0 Å². The Balaban J connectivity index is 1.93. The molecule has 1 nitrogen and oxygen atoms in total. The number of ether oxygens (including phenoxy) is 1. The molecule has 0 fully saturated rings. The lowest BCUT2D eigenvalue weighted by molar-refractivity contribution is 0.484. The molecular formula is C24H17ClO. The van der Waals surface area contributed by atoms with E-state index < -0.39 is 0 Å². The van der Waals surface area contributed by atoms with Crippen molar-refractivity contribution in [2.75, 3.05) is 0 Å². The third kappa shape index (κ3) is 3.35. The van der Waals surface area contributed by atoms with Gasteiger partial charge in [-0.3, -0.25) is 0 Å². The van der Waals surface area contributed by atoms with Gasteiger partial charge in [0.2, 0.25) is 0 Å². The van der Waals surface area contributed by atoms with E-state index >= 15 is 0 Å². The molecule has 0 amide bonds. The molecule has 0 aliphatic heterocycles. The van der Waals surface area contributed by atoms with Crippen LogP contribution >= 0.6 is 11.6 Å². The molecular weight excluding hydrogens is 340 g/mol. The second-order valence-corrected chi connectivity index (χ2v) is 6.35. The first kappa shape index (κ1) is 16.4. The van der Waals surface area contributed by atoms with Gasteiger partial charge in [0.05, 0.1) is 0 Å². The van der Waals surface area contributed by atoms with E-state index in [1.807, 2.05) is 84.9 Å². The summed E-state index contributed by atoms with van der Waals surface area (Å²) >= 11 is 6.54.